The van der Waals surface area contributed by atoms with Crippen molar-refractivity contribution in [2.45, 2.75) is 19.9 Å². The van der Waals surface area contributed by atoms with Crippen molar-refractivity contribution in [2.24, 2.45) is 5.92 Å². The molecule has 0 saturated carbocycles. The van der Waals surface area contributed by atoms with Crippen LogP contribution < -0.4 is 5.32 Å². The second kappa shape index (κ2) is 4.81. The molecular formula is C12H20N2O. The second-order valence-corrected chi connectivity index (χ2v) is 4.56. The molecule has 1 aromatic rings. The molecule has 15 heavy (non-hydrogen) atoms. The highest BCUT2D eigenvalue weighted by Crippen LogP contribution is 2.14. The molecule has 1 saturated heterocycles. The maximum absolute atomic E-state index is 5.30. The number of nitrogens with zero attached hydrogens (tertiary/aromatic N) is 1. The molecule has 1 atom stereocenters. The van der Waals surface area contributed by atoms with Crippen LogP contribution in [-0.4, -0.2) is 31.6 Å². The molecule has 3 heteroatoms. The van der Waals surface area contributed by atoms with Gasteiger partial charge in [-0.25, -0.2) is 0 Å². The predicted molar refractivity (Wildman–Crippen MR) is 60.8 cm³/mol. The van der Waals surface area contributed by atoms with Crippen LogP contribution in [-0.2, 0) is 6.54 Å². The van der Waals surface area contributed by atoms with Gasteiger partial charge in [0.2, 0.25) is 0 Å². The minimum atomic E-state index is 0.821. The highest BCUT2D eigenvalue weighted by Gasteiger charge is 2.16. The van der Waals surface area contributed by atoms with E-state index in [0.717, 1.165) is 18.2 Å². The van der Waals surface area contributed by atoms with Gasteiger partial charge in [-0.3, -0.25) is 0 Å². The first-order valence-electron chi connectivity index (χ1n) is 5.68. The molecule has 1 N–H and O–H groups in total. The fourth-order valence-electron chi connectivity index (χ4n) is 2.24. The highest BCUT2D eigenvalue weighted by atomic mass is 16.3. The number of aryl methyl sites for hydroxylation is 1. The Hall–Kier alpha value is -0.800. The Balaban J connectivity index is 1.81. The van der Waals surface area contributed by atoms with Crippen LogP contribution in [0.5, 0.6) is 0 Å². The maximum Gasteiger partial charge on any atom is 0.105 e. The lowest BCUT2D eigenvalue weighted by Crippen LogP contribution is -2.26. The standard InChI is InChI=1S/C12H20N2O/c1-10-12(4-6-15-10)9-14(2)8-11-3-5-13-7-11/h4,6,11,13H,3,5,7-9H2,1-2H3. The lowest BCUT2D eigenvalue weighted by atomic mass is 10.1. The van der Waals surface area contributed by atoms with Crippen LogP contribution in [0.15, 0.2) is 16.7 Å². The molecule has 0 amide bonds. The Morgan fingerprint density at radius 1 is 1.60 bits per heavy atom. The van der Waals surface area contributed by atoms with Crippen molar-refractivity contribution in [1.29, 1.82) is 0 Å². The molecule has 2 rings (SSSR count). The monoisotopic (exact) mass is 208 g/mol. The van der Waals surface area contributed by atoms with Gasteiger partial charge in [-0.2, -0.15) is 0 Å². The van der Waals surface area contributed by atoms with Crippen LogP contribution >= 0.6 is 0 Å². The minimum absolute atomic E-state index is 0.821. The third-order valence-electron chi connectivity index (χ3n) is 3.14. The van der Waals surface area contributed by atoms with E-state index in [0.29, 0.717) is 0 Å². The third-order valence-corrected chi connectivity index (χ3v) is 3.14. The number of furan rings is 1. The van der Waals surface area contributed by atoms with Crippen molar-refractivity contribution >= 4 is 0 Å². The summed E-state index contributed by atoms with van der Waals surface area (Å²) in [5.41, 5.74) is 1.31. The third kappa shape index (κ3) is 2.83. The van der Waals surface area contributed by atoms with Crippen LogP contribution in [0, 0.1) is 12.8 Å². The molecule has 0 aromatic carbocycles. The molecule has 2 heterocycles. The van der Waals surface area contributed by atoms with Gasteiger partial charge in [-0.1, -0.05) is 0 Å². The molecule has 0 radical (unpaired) electrons. The van der Waals surface area contributed by atoms with Crippen molar-refractivity contribution in [2.75, 3.05) is 26.7 Å². The fourth-order valence-corrected chi connectivity index (χ4v) is 2.24. The minimum Gasteiger partial charge on any atom is -0.469 e. The first-order valence-corrected chi connectivity index (χ1v) is 5.68. The predicted octanol–water partition coefficient (Wildman–Crippen LogP) is 1.63. The lowest BCUT2D eigenvalue weighted by Gasteiger charge is -2.19. The highest BCUT2D eigenvalue weighted by molar-refractivity contribution is 5.14. The number of nitrogens with one attached hydrogen (secondary N) is 1. The summed E-state index contributed by atoms with van der Waals surface area (Å²) in [6.07, 6.45) is 3.09. The first kappa shape index (κ1) is 10.7. The van der Waals surface area contributed by atoms with Crippen LogP contribution in [0.25, 0.3) is 0 Å². The second-order valence-electron chi connectivity index (χ2n) is 4.56. The van der Waals surface area contributed by atoms with Gasteiger partial charge in [0.1, 0.15) is 5.76 Å². The van der Waals surface area contributed by atoms with Crippen LogP contribution in [0.1, 0.15) is 17.7 Å². The van der Waals surface area contributed by atoms with E-state index >= 15 is 0 Å². The summed E-state index contributed by atoms with van der Waals surface area (Å²) in [4.78, 5) is 2.38. The molecule has 84 valence electrons. The Morgan fingerprint density at radius 3 is 3.07 bits per heavy atom. The molecule has 3 nitrogen and oxygen atoms in total. The first-order chi connectivity index (χ1) is 7.25. The smallest absolute Gasteiger partial charge is 0.105 e. The Bertz CT molecular complexity index is 302. The molecule has 0 aliphatic carbocycles. The SMILES string of the molecule is Cc1occc1CN(C)CC1CCNC1. The average molecular weight is 208 g/mol. The van der Waals surface area contributed by atoms with Crippen molar-refractivity contribution in [3.8, 4) is 0 Å². The normalized spacial score (nSPS) is 21.4. The zero-order valence-electron chi connectivity index (χ0n) is 9.62. The lowest BCUT2D eigenvalue weighted by molar-refractivity contribution is 0.277. The quantitative estimate of drug-likeness (QED) is 0.815. The molecule has 1 unspecified atom stereocenters. The number of rotatable bonds is 4. The van der Waals surface area contributed by atoms with Gasteiger partial charge in [0, 0.05) is 18.7 Å². The van der Waals surface area contributed by atoms with E-state index in [2.05, 4.69) is 23.3 Å². The summed E-state index contributed by atoms with van der Waals surface area (Å²) >= 11 is 0. The molecule has 1 aromatic heterocycles. The zero-order chi connectivity index (χ0) is 10.7. The van der Waals surface area contributed by atoms with Crippen LogP contribution in [0.4, 0.5) is 0 Å². The van der Waals surface area contributed by atoms with Gasteiger partial charge in [-0.05, 0) is 45.5 Å². The van der Waals surface area contributed by atoms with E-state index in [1.807, 2.05) is 6.92 Å². The largest absolute Gasteiger partial charge is 0.469 e. The van der Waals surface area contributed by atoms with Gasteiger partial charge in [0.05, 0.1) is 6.26 Å². The van der Waals surface area contributed by atoms with Gasteiger partial charge >= 0.3 is 0 Å². The van der Waals surface area contributed by atoms with E-state index in [1.165, 1.54) is 31.6 Å². The van der Waals surface area contributed by atoms with Crippen molar-refractivity contribution in [3.63, 3.8) is 0 Å². The Morgan fingerprint density at radius 2 is 2.47 bits per heavy atom. The van der Waals surface area contributed by atoms with Crippen LogP contribution in [0.3, 0.4) is 0 Å². The topological polar surface area (TPSA) is 28.4 Å². The Kier molecular flexibility index (Phi) is 3.44. The molecular weight excluding hydrogens is 188 g/mol. The summed E-state index contributed by atoms with van der Waals surface area (Å²) in [5, 5.41) is 3.40. The van der Waals surface area contributed by atoms with E-state index in [4.69, 9.17) is 4.42 Å². The Labute approximate surface area is 91.4 Å². The van der Waals surface area contributed by atoms with Gasteiger partial charge in [0.15, 0.2) is 0 Å². The van der Waals surface area contributed by atoms with Gasteiger partial charge < -0.3 is 14.6 Å². The molecule has 1 fully saturated rings. The number of hydrogen-bond donors (Lipinski definition) is 1. The van der Waals surface area contributed by atoms with Crippen molar-refractivity contribution in [3.05, 3.63) is 23.7 Å². The van der Waals surface area contributed by atoms with Crippen LogP contribution in [0.2, 0.25) is 0 Å². The molecule has 1 aliphatic rings. The molecule has 0 spiro atoms. The maximum atomic E-state index is 5.30. The van der Waals surface area contributed by atoms with E-state index in [-0.39, 0.29) is 0 Å². The fraction of sp³-hybridized carbons (Fsp3) is 0.667. The van der Waals surface area contributed by atoms with E-state index in [9.17, 15) is 0 Å². The number of hydrogen-bond acceptors (Lipinski definition) is 3. The molecule has 1 aliphatic heterocycles. The van der Waals surface area contributed by atoms with E-state index in [1.54, 1.807) is 6.26 Å². The zero-order valence-corrected chi connectivity index (χ0v) is 9.62. The average Bonchev–Trinajstić information content (AvgIpc) is 2.79. The van der Waals surface area contributed by atoms with E-state index < -0.39 is 0 Å². The van der Waals surface area contributed by atoms with Crippen molar-refractivity contribution in [1.82, 2.24) is 10.2 Å². The van der Waals surface area contributed by atoms with Gasteiger partial charge in [-0.15, -0.1) is 0 Å². The summed E-state index contributed by atoms with van der Waals surface area (Å²) in [7, 11) is 2.19. The van der Waals surface area contributed by atoms with Gasteiger partial charge in [0.25, 0.3) is 0 Å². The summed E-state index contributed by atoms with van der Waals surface area (Å²) in [6, 6.07) is 2.07. The summed E-state index contributed by atoms with van der Waals surface area (Å²) in [5.74, 6) is 1.87. The summed E-state index contributed by atoms with van der Waals surface area (Å²) < 4.78 is 5.30. The summed E-state index contributed by atoms with van der Waals surface area (Å²) in [6.45, 7) is 6.56. The van der Waals surface area contributed by atoms with Crippen molar-refractivity contribution < 1.29 is 4.42 Å². The molecule has 0 bridgehead atoms.